The van der Waals surface area contributed by atoms with Gasteiger partial charge in [0, 0.05) is 41.7 Å². The van der Waals surface area contributed by atoms with Crippen molar-refractivity contribution in [3.63, 3.8) is 0 Å². The Kier molecular flexibility index (Phi) is 11.7. The Balaban J connectivity index is 2.28. The highest BCUT2D eigenvalue weighted by atomic mass is 35.5. The van der Waals surface area contributed by atoms with Crippen LogP contribution in [0.4, 0.5) is 5.69 Å². The summed E-state index contributed by atoms with van der Waals surface area (Å²) < 4.78 is 26.5. The van der Waals surface area contributed by atoms with Gasteiger partial charge < -0.3 is 10.2 Å². The van der Waals surface area contributed by atoms with E-state index in [1.165, 1.54) is 9.21 Å². The Bertz CT molecular complexity index is 1160. The van der Waals surface area contributed by atoms with Crippen molar-refractivity contribution < 1.29 is 18.0 Å². The van der Waals surface area contributed by atoms with E-state index in [-0.39, 0.29) is 37.7 Å². The van der Waals surface area contributed by atoms with Crippen LogP contribution < -0.4 is 9.62 Å². The average Bonchev–Trinajstić information content (AvgIpc) is 2.80. The molecule has 2 aromatic rings. The van der Waals surface area contributed by atoms with Crippen LogP contribution in [0.2, 0.25) is 10.0 Å². The van der Waals surface area contributed by atoms with Gasteiger partial charge in [0.2, 0.25) is 21.8 Å². The topological polar surface area (TPSA) is 86.8 Å². The summed E-state index contributed by atoms with van der Waals surface area (Å²) in [4.78, 5) is 28.0. The average molecular weight is 571 g/mol. The van der Waals surface area contributed by atoms with Crippen molar-refractivity contribution >= 4 is 50.7 Å². The van der Waals surface area contributed by atoms with E-state index in [2.05, 4.69) is 5.32 Å². The van der Waals surface area contributed by atoms with Gasteiger partial charge in [-0.05, 0) is 68.5 Å². The molecule has 1 atom stereocenters. The summed E-state index contributed by atoms with van der Waals surface area (Å²) in [5.74, 6) is -0.516. The maximum atomic E-state index is 13.5. The standard InChI is InChI=1S/C27H37Cl2N3O4S/c1-6-13-30-27(34)25(7-2)31(18-22-23(28)10-8-11-24(22)29)26(33)12-9-14-32(37(5,35)36)21-16-19(3)15-20(4)17-21/h8,10-11,15-17,25H,6-7,9,12-14,18H2,1-5H3,(H,30,34)/t25-/m1/s1. The molecule has 0 bridgehead atoms. The number of hydrogen-bond donors (Lipinski definition) is 1. The van der Waals surface area contributed by atoms with Crippen LogP contribution >= 0.6 is 23.2 Å². The fourth-order valence-corrected chi connectivity index (χ4v) is 5.70. The Morgan fingerprint density at radius 3 is 2.14 bits per heavy atom. The molecule has 0 radical (unpaired) electrons. The number of benzene rings is 2. The van der Waals surface area contributed by atoms with Gasteiger partial charge in [0.15, 0.2) is 0 Å². The molecule has 10 heteroatoms. The van der Waals surface area contributed by atoms with E-state index < -0.39 is 16.1 Å². The van der Waals surface area contributed by atoms with Gasteiger partial charge in [-0.3, -0.25) is 13.9 Å². The summed E-state index contributed by atoms with van der Waals surface area (Å²) in [6, 6.07) is 9.99. The minimum atomic E-state index is -3.56. The lowest BCUT2D eigenvalue weighted by atomic mass is 10.1. The van der Waals surface area contributed by atoms with Crippen LogP contribution in [0.5, 0.6) is 0 Å². The molecule has 1 N–H and O–H groups in total. The Morgan fingerprint density at radius 2 is 1.62 bits per heavy atom. The van der Waals surface area contributed by atoms with Gasteiger partial charge in [-0.15, -0.1) is 0 Å². The molecule has 0 fully saturated rings. The zero-order valence-corrected chi connectivity index (χ0v) is 24.5. The number of sulfonamides is 1. The fourth-order valence-electron chi connectivity index (χ4n) is 4.24. The first-order valence-corrected chi connectivity index (χ1v) is 15.1. The van der Waals surface area contributed by atoms with E-state index in [0.29, 0.717) is 34.3 Å². The number of rotatable bonds is 13. The molecular formula is C27H37Cl2N3O4S. The quantitative estimate of drug-likeness (QED) is 0.345. The monoisotopic (exact) mass is 569 g/mol. The number of amides is 2. The Hall–Kier alpha value is -2.29. The van der Waals surface area contributed by atoms with E-state index in [4.69, 9.17) is 23.2 Å². The molecule has 204 valence electrons. The van der Waals surface area contributed by atoms with Crippen molar-refractivity contribution in [1.82, 2.24) is 10.2 Å². The summed E-state index contributed by atoms with van der Waals surface area (Å²) in [5.41, 5.74) is 3.03. The number of halogens is 2. The molecule has 37 heavy (non-hydrogen) atoms. The van der Waals surface area contributed by atoms with Crippen molar-refractivity contribution in [2.75, 3.05) is 23.7 Å². The largest absolute Gasteiger partial charge is 0.354 e. The SMILES string of the molecule is CCCNC(=O)[C@@H](CC)N(Cc1c(Cl)cccc1Cl)C(=O)CCCN(c1cc(C)cc(C)c1)S(C)(=O)=O. The van der Waals surface area contributed by atoms with Gasteiger partial charge in [-0.25, -0.2) is 8.42 Å². The van der Waals surface area contributed by atoms with Crippen molar-refractivity contribution in [1.29, 1.82) is 0 Å². The molecule has 0 aliphatic carbocycles. The molecule has 0 saturated carbocycles. The van der Waals surface area contributed by atoms with E-state index in [0.717, 1.165) is 23.8 Å². The number of carbonyl (C=O) groups excluding carboxylic acids is 2. The first-order valence-electron chi connectivity index (χ1n) is 12.4. The lowest BCUT2D eigenvalue weighted by molar-refractivity contribution is -0.141. The molecular weight excluding hydrogens is 533 g/mol. The lowest BCUT2D eigenvalue weighted by Gasteiger charge is -2.31. The maximum absolute atomic E-state index is 13.5. The minimum Gasteiger partial charge on any atom is -0.354 e. The summed E-state index contributed by atoms with van der Waals surface area (Å²) in [7, 11) is -3.56. The summed E-state index contributed by atoms with van der Waals surface area (Å²) in [5, 5.41) is 3.69. The zero-order valence-electron chi connectivity index (χ0n) is 22.2. The van der Waals surface area contributed by atoms with Crippen molar-refractivity contribution in [3.05, 3.63) is 63.1 Å². The Morgan fingerprint density at radius 1 is 1.03 bits per heavy atom. The molecule has 0 aromatic heterocycles. The summed E-state index contributed by atoms with van der Waals surface area (Å²) in [6.45, 7) is 8.32. The van der Waals surface area contributed by atoms with Gasteiger partial charge in [0.1, 0.15) is 6.04 Å². The summed E-state index contributed by atoms with van der Waals surface area (Å²) >= 11 is 12.8. The molecule has 0 aliphatic heterocycles. The van der Waals surface area contributed by atoms with Crippen LogP contribution in [0.15, 0.2) is 36.4 Å². The van der Waals surface area contributed by atoms with Crippen LogP contribution in [0, 0.1) is 13.8 Å². The fraction of sp³-hybridized carbons (Fsp3) is 0.481. The molecule has 2 aromatic carbocycles. The third-order valence-corrected chi connectivity index (χ3v) is 7.87. The number of anilines is 1. The van der Waals surface area contributed by atoms with Gasteiger partial charge in [-0.1, -0.05) is 49.2 Å². The molecule has 0 unspecified atom stereocenters. The molecule has 2 rings (SSSR count). The number of aryl methyl sites for hydroxylation is 2. The van der Waals surface area contributed by atoms with Crippen LogP contribution in [0.25, 0.3) is 0 Å². The van der Waals surface area contributed by atoms with E-state index in [1.54, 1.807) is 18.2 Å². The predicted octanol–water partition coefficient (Wildman–Crippen LogP) is 5.49. The molecule has 0 aliphatic rings. The second-order valence-electron chi connectivity index (χ2n) is 9.22. The predicted molar refractivity (Wildman–Crippen MR) is 152 cm³/mol. The van der Waals surface area contributed by atoms with E-state index >= 15 is 0 Å². The molecule has 2 amide bonds. The number of carbonyl (C=O) groups is 2. The highest BCUT2D eigenvalue weighted by molar-refractivity contribution is 7.92. The van der Waals surface area contributed by atoms with E-state index in [1.807, 2.05) is 45.9 Å². The normalized spacial score (nSPS) is 12.2. The third kappa shape index (κ3) is 8.90. The van der Waals surface area contributed by atoms with E-state index in [9.17, 15) is 18.0 Å². The summed E-state index contributed by atoms with van der Waals surface area (Å²) in [6.07, 6.45) is 2.66. The minimum absolute atomic E-state index is 0.0520. The van der Waals surface area contributed by atoms with Gasteiger partial charge in [0.05, 0.1) is 11.9 Å². The highest BCUT2D eigenvalue weighted by Crippen LogP contribution is 2.28. The Labute approximate surface area is 231 Å². The van der Waals surface area contributed by atoms with Crippen LogP contribution in [-0.4, -0.2) is 50.5 Å². The zero-order chi connectivity index (χ0) is 27.8. The van der Waals surface area contributed by atoms with Crippen LogP contribution in [-0.2, 0) is 26.2 Å². The van der Waals surface area contributed by atoms with Crippen molar-refractivity contribution in [3.8, 4) is 0 Å². The highest BCUT2D eigenvalue weighted by Gasteiger charge is 2.29. The second kappa shape index (κ2) is 14.0. The molecule has 0 saturated heterocycles. The van der Waals surface area contributed by atoms with Crippen molar-refractivity contribution in [2.24, 2.45) is 0 Å². The van der Waals surface area contributed by atoms with Gasteiger partial charge in [-0.2, -0.15) is 0 Å². The number of nitrogens with one attached hydrogen (secondary N) is 1. The molecule has 0 spiro atoms. The first kappa shape index (κ1) is 30.9. The number of nitrogens with zero attached hydrogens (tertiary/aromatic N) is 2. The van der Waals surface area contributed by atoms with Gasteiger partial charge in [0.25, 0.3) is 0 Å². The molecule has 7 nitrogen and oxygen atoms in total. The maximum Gasteiger partial charge on any atom is 0.242 e. The first-order chi connectivity index (χ1) is 17.4. The van der Waals surface area contributed by atoms with Crippen LogP contribution in [0.1, 0.15) is 56.2 Å². The lowest BCUT2D eigenvalue weighted by Crippen LogP contribution is -2.49. The van der Waals surface area contributed by atoms with Crippen LogP contribution in [0.3, 0.4) is 0 Å². The number of hydrogen-bond acceptors (Lipinski definition) is 4. The second-order valence-corrected chi connectivity index (χ2v) is 11.9. The van der Waals surface area contributed by atoms with Crippen molar-refractivity contribution in [2.45, 2.75) is 66.0 Å². The molecule has 0 heterocycles. The smallest absolute Gasteiger partial charge is 0.242 e. The van der Waals surface area contributed by atoms with Gasteiger partial charge >= 0.3 is 0 Å². The third-order valence-electron chi connectivity index (χ3n) is 5.97.